The van der Waals surface area contributed by atoms with Crippen LogP contribution in [-0.4, -0.2) is 25.9 Å². The van der Waals surface area contributed by atoms with Crippen LogP contribution < -0.4 is 10.1 Å². The number of nitrogens with one attached hydrogen (secondary N) is 1. The van der Waals surface area contributed by atoms with Gasteiger partial charge in [0.15, 0.2) is 0 Å². The van der Waals surface area contributed by atoms with Crippen molar-refractivity contribution in [1.82, 2.24) is 5.32 Å². The van der Waals surface area contributed by atoms with Crippen molar-refractivity contribution < 1.29 is 9.47 Å². The van der Waals surface area contributed by atoms with E-state index in [1.54, 1.807) is 0 Å². The zero-order valence-corrected chi connectivity index (χ0v) is 12.9. The molecule has 1 atom stereocenters. The van der Waals surface area contributed by atoms with Crippen LogP contribution in [-0.2, 0) is 11.3 Å². The van der Waals surface area contributed by atoms with E-state index in [2.05, 4.69) is 18.3 Å². The number of hydrogen-bond acceptors (Lipinski definition) is 3. The Balaban J connectivity index is 1.76. The van der Waals surface area contributed by atoms with Crippen LogP contribution in [0.4, 0.5) is 0 Å². The van der Waals surface area contributed by atoms with E-state index in [4.69, 9.17) is 21.1 Å². The summed E-state index contributed by atoms with van der Waals surface area (Å²) >= 11 is 6.25. The largest absolute Gasteiger partial charge is 0.492 e. The minimum Gasteiger partial charge on any atom is -0.492 e. The van der Waals surface area contributed by atoms with Crippen molar-refractivity contribution in [1.29, 1.82) is 0 Å². The van der Waals surface area contributed by atoms with Crippen molar-refractivity contribution in [3.63, 3.8) is 0 Å². The zero-order chi connectivity index (χ0) is 14.2. The second-order valence-electron chi connectivity index (χ2n) is 5.21. The first-order valence-corrected chi connectivity index (χ1v) is 7.91. The van der Waals surface area contributed by atoms with E-state index in [1.165, 1.54) is 12.0 Å². The van der Waals surface area contributed by atoms with Gasteiger partial charge in [0.1, 0.15) is 5.75 Å². The molecule has 1 aliphatic rings. The Labute approximate surface area is 126 Å². The maximum atomic E-state index is 6.25. The molecule has 1 unspecified atom stereocenters. The van der Waals surface area contributed by atoms with Crippen LogP contribution in [0.5, 0.6) is 5.75 Å². The number of rotatable bonds is 8. The van der Waals surface area contributed by atoms with Gasteiger partial charge in [0.25, 0.3) is 0 Å². The van der Waals surface area contributed by atoms with Crippen molar-refractivity contribution in [2.45, 2.75) is 45.3 Å². The zero-order valence-electron chi connectivity index (χ0n) is 12.2. The highest BCUT2D eigenvalue weighted by atomic mass is 35.5. The summed E-state index contributed by atoms with van der Waals surface area (Å²) in [7, 11) is 0. The second kappa shape index (κ2) is 8.50. The molecule has 2 rings (SSSR count). The Bertz CT molecular complexity index is 405. The highest BCUT2D eigenvalue weighted by molar-refractivity contribution is 6.32. The summed E-state index contributed by atoms with van der Waals surface area (Å²) in [6, 6.07) is 6.00. The summed E-state index contributed by atoms with van der Waals surface area (Å²) < 4.78 is 11.3. The molecule has 1 heterocycles. The van der Waals surface area contributed by atoms with Crippen molar-refractivity contribution in [2.75, 3.05) is 19.8 Å². The lowest BCUT2D eigenvalue weighted by atomic mass is 10.2. The summed E-state index contributed by atoms with van der Waals surface area (Å²) in [5, 5.41) is 4.05. The van der Waals surface area contributed by atoms with Crippen LogP contribution in [0.2, 0.25) is 5.02 Å². The van der Waals surface area contributed by atoms with Gasteiger partial charge in [-0.1, -0.05) is 24.6 Å². The monoisotopic (exact) mass is 297 g/mol. The molecule has 3 nitrogen and oxygen atoms in total. The fourth-order valence-electron chi connectivity index (χ4n) is 2.35. The predicted molar refractivity (Wildman–Crippen MR) is 82.5 cm³/mol. The molecule has 0 saturated carbocycles. The standard InChI is InChI=1S/C16H24ClNO2/c1-2-8-18-12-13-5-6-16(15(17)11-13)20-10-7-14-4-3-9-19-14/h5-6,11,14,18H,2-4,7-10,12H2,1H3. The molecule has 1 saturated heterocycles. The molecule has 0 aromatic heterocycles. The van der Waals surface area contributed by atoms with Crippen molar-refractivity contribution in [2.24, 2.45) is 0 Å². The number of ether oxygens (including phenoxy) is 2. The first kappa shape index (κ1) is 15.6. The topological polar surface area (TPSA) is 30.5 Å². The number of hydrogen-bond donors (Lipinski definition) is 1. The van der Waals surface area contributed by atoms with Gasteiger partial charge >= 0.3 is 0 Å². The average molecular weight is 298 g/mol. The predicted octanol–water partition coefficient (Wildman–Crippen LogP) is 3.79. The lowest BCUT2D eigenvalue weighted by molar-refractivity contribution is 0.0904. The molecular formula is C16H24ClNO2. The molecule has 1 aromatic carbocycles. The summed E-state index contributed by atoms with van der Waals surface area (Å²) in [5.41, 5.74) is 1.19. The van der Waals surface area contributed by atoms with Gasteiger partial charge in [-0.3, -0.25) is 0 Å². The fraction of sp³-hybridized carbons (Fsp3) is 0.625. The molecule has 1 fully saturated rings. The van der Waals surface area contributed by atoms with E-state index in [0.29, 0.717) is 17.7 Å². The molecule has 20 heavy (non-hydrogen) atoms. The smallest absolute Gasteiger partial charge is 0.137 e. The van der Waals surface area contributed by atoms with Gasteiger partial charge in [0.2, 0.25) is 0 Å². The van der Waals surface area contributed by atoms with Gasteiger partial charge in [-0.2, -0.15) is 0 Å². The summed E-state index contributed by atoms with van der Waals surface area (Å²) in [6.07, 6.45) is 4.77. The third-order valence-corrected chi connectivity index (χ3v) is 3.77. The molecular weight excluding hydrogens is 274 g/mol. The first-order valence-electron chi connectivity index (χ1n) is 7.53. The molecule has 1 N–H and O–H groups in total. The number of halogens is 1. The highest BCUT2D eigenvalue weighted by Crippen LogP contribution is 2.26. The van der Waals surface area contributed by atoms with Gasteiger partial charge in [-0.15, -0.1) is 0 Å². The third-order valence-electron chi connectivity index (χ3n) is 3.47. The number of benzene rings is 1. The molecule has 0 amide bonds. The van der Waals surface area contributed by atoms with Crippen molar-refractivity contribution >= 4 is 11.6 Å². The van der Waals surface area contributed by atoms with Crippen LogP contribution in [0.25, 0.3) is 0 Å². The van der Waals surface area contributed by atoms with E-state index < -0.39 is 0 Å². The molecule has 112 valence electrons. The Kier molecular flexibility index (Phi) is 6.64. The average Bonchev–Trinajstić information content (AvgIpc) is 2.95. The minimum absolute atomic E-state index is 0.367. The summed E-state index contributed by atoms with van der Waals surface area (Å²) in [6.45, 7) is 5.59. The second-order valence-corrected chi connectivity index (χ2v) is 5.62. The van der Waals surface area contributed by atoms with Gasteiger partial charge in [-0.25, -0.2) is 0 Å². The summed E-state index contributed by atoms with van der Waals surface area (Å²) in [5.74, 6) is 0.768. The molecule has 1 aromatic rings. The molecule has 0 aliphatic carbocycles. The van der Waals surface area contributed by atoms with E-state index in [1.807, 2.05) is 12.1 Å². The van der Waals surface area contributed by atoms with Crippen molar-refractivity contribution in [3.8, 4) is 5.75 Å². The maximum absolute atomic E-state index is 6.25. The molecule has 0 bridgehead atoms. The van der Waals surface area contributed by atoms with Crippen LogP contribution >= 0.6 is 11.6 Å². The van der Waals surface area contributed by atoms with Crippen LogP contribution in [0.1, 0.15) is 38.2 Å². The quantitative estimate of drug-likeness (QED) is 0.741. The summed E-state index contributed by atoms with van der Waals surface area (Å²) in [4.78, 5) is 0. The third kappa shape index (κ3) is 4.97. The Morgan fingerprint density at radius 3 is 3.05 bits per heavy atom. The van der Waals surface area contributed by atoms with E-state index in [0.717, 1.165) is 44.7 Å². The van der Waals surface area contributed by atoms with Crippen LogP contribution in [0, 0.1) is 0 Å². The highest BCUT2D eigenvalue weighted by Gasteiger charge is 2.15. The van der Waals surface area contributed by atoms with E-state index in [9.17, 15) is 0 Å². The lowest BCUT2D eigenvalue weighted by Gasteiger charge is -2.12. The Hall–Kier alpha value is -0.770. The van der Waals surface area contributed by atoms with Gasteiger partial charge in [0.05, 0.1) is 17.7 Å². The van der Waals surface area contributed by atoms with E-state index >= 15 is 0 Å². The van der Waals surface area contributed by atoms with Crippen molar-refractivity contribution in [3.05, 3.63) is 28.8 Å². The normalized spacial score (nSPS) is 18.4. The molecule has 1 aliphatic heterocycles. The van der Waals surface area contributed by atoms with Gasteiger partial charge < -0.3 is 14.8 Å². The maximum Gasteiger partial charge on any atom is 0.137 e. The Morgan fingerprint density at radius 2 is 2.35 bits per heavy atom. The van der Waals surface area contributed by atoms with E-state index in [-0.39, 0.29) is 0 Å². The molecule has 4 heteroatoms. The minimum atomic E-state index is 0.367. The fourth-order valence-corrected chi connectivity index (χ4v) is 2.61. The first-order chi connectivity index (χ1) is 9.79. The SMILES string of the molecule is CCCNCc1ccc(OCCC2CCCO2)c(Cl)c1. The van der Waals surface area contributed by atoms with Crippen LogP contribution in [0.3, 0.4) is 0 Å². The Morgan fingerprint density at radius 1 is 1.45 bits per heavy atom. The lowest BCUT2D eigenvalue weighted by Crippen LogP contribution is -2.14. The van der Waals surface area contributed by atoms with Gasteiger partial charge in [0, 0.05) is 19.6 Å². The van der Waals surface area contributed by atoms with Gasteiger partial charge in [-0.05, 0) is 43.5 Å². The molecule has 0 radical (unpaired) electrons. The molecule has 0 spiro atoms. The van der Waals surface area contributed by atoms with Crippen LogP contribution in [0.15, 0.2) is 18.2 Å².